The van der Waals surface area contributed by atoms with E-state index in [4.69, 9.17) is 12.2 Å². The summed E-state index contributed by atoms with van der Waals surface area (Å²) in [6, 6.07) is 5.70. The van der Waals surface area contributed by atoms with E-state index in [-0.39, 0.29) is 5.75 Å². The van der Waals surface area contributed by atoms with E-state index in [1.54, 1.807) is 24.4 Å². The lowest BCUT2D eigenvalue weighted by Gasteiger charge is -2.23. The summed E-state index contributed by atoms with van der Waals surface area (Å²) in [5, 5.41) is 17.7. The van der Waals surface area contributed by atoms with Crippen LogP contribution in [-0.4, -0.2) is 22.5 Å². The van der Waals surface area contributed by atoms with E-state index >= 15 is 0 Å². The average molecular weight is 368 g/mol. The van der Waals surface area contributed by atoms with E-state index < -0.39 is 0 Å². The topological polar surface area (TPSA) is 56.7 Å². The number of hydrogen-bond acceptors (Lipinski definition) is 3. The van der Waals surface area contributed by atoms with Crippen LogP contribution < -0.4 is 10.7 Å². The minimum absolute atomic E-state index is 0.190. The van der Waals surface area contributed by atoms with Crippen LogP contribution in [0.2, 0.25) is 0 Å². The Morgan fingerprint density at radius 3 is 2.95 bits per heavy atom. The molecule has 112 valence electrons. The first-order valence-electron chi connectivity index (χ1n) is 7.20. The summed E-state index contributed by atoms with van der Waals surface area (Å²) in [7, 11) is 0. The molecule has 0 radical (unpaired) electrons. The summed E-state index contributed by atoms with van der Waals surface area (Å²) in [5.41, 5.74) is 3.47. The minimum atomic E-state index is 0.190. The molecule has 0 aromatic heterocycles. The number of halogens is 1. The molecule has 1 aromatic rings. The van der Waals surface area contributed by atoms with Gasteiger partial charge in [0, 0.05) is 16.1 Å². The van der Waals surface area contributed by atoms with Gasteiger partial charge in [-0.2, -0.15) is 5.10 Å². The molecule has 3 N–H and O–H groups in total. The fourth-order valence-corrected chi connectivity index (χ4v) is 3.99. The third-order valence-corrected chi connectivity index (χ3v) is 5.12. The van der Waals surface area contributed by atoms with E-state index in [0.717, 1.165) is 16.3 Å². The van der Waals surface area contributed by atoms with Crippen LogP contribution in [0.25, 0.3) is 0 Å². The highest BCUT2D eigenvalue weighted by atomic mass is 79.9. The maximum atomic E-state index is 9.71. The van der Waals surface area contributed by atoms with Crippen molar-refractivity contribution in [2.75, 3.05) is 0 Å². The standard InChI is InChI=1S/C15H18BrN3OS/c16-12-3-4-14(20)11(7-12)8-17-19-15(21)18-13-6-9-1-2-10(13)5-9/h3-4,7-10,13,20H,1-2,5-6H2,(H2,18,19,21)/b17-8+/t9-,10+,13+/m1/s1. The van der Waals surface area contributed by atoms with Gasteiger partial charge in [0.15, 0.2) is 5.11 Å². The largest absolute Gasteiger partial charge is 0.507 e. The lowest BCUT2D eigenvalue weighted by atomic mass is 9.96. The Morgan fingerprint density at radius 1 is 1.38 bits per heavy atom. The monoisotopic (exact) mass is 367 g/mol. The van der Waals surface area contributed by atoms with Crippen molar-refractivity contribution in [3.05, 3.63) is 28.2 Å². The number of hydrazone groups is 1. The van der Waals surface area contributed by atoms with Gasteiger partial charge < -0.3 is 10.4 Å². The van der Waals surface area contributed by atoms with Gasteiger partial charge in [0.2, 0.25) is 0 Å². The first-order valence-corrected chi connectivity index (χ1v) is 8.40. The normalized spacial score (nSPS) is 27.2. The smallest absolute Gasteiger partial charge is 0.187 e. The van der Waals surface area contributed by atoms with Gasteiger partial charge in [0.1, 0.15) is 5.75 Å². The number of thiocarbonyl (C=S) groups is 1. The summed E-state index contributed by atoms with van der Waals surface area (Å²) in [6.45, 7) is 0. The third-order valence-electron chi connectivity index (χ3n) is 4.41. The number of phenolic OH excluding ortho intramolecular Hbond substituents is 1. The number of phenols is 1. The van der Waals surface area contributed by atoms with Crippen molar-refractivity contribution in [2.45, 2.75) is 31.7 Å². The van der Waals surface area contributed by atoms with Gasteiger partial charge in [0.25, 0.3) is 0 Å². The molecular formula is C15H18BrN3OS. The summed E-state index contributed by atoms with van der Waals surface area (Å²) >= 11 is 8.64. The van der Waals surface area contributed by atoms with E-state index in [1.807, 2.05) is 0 Å². The number of benzene rings is 1. The fourth-order valence-electron chi connectivity index (χ4n) is 3.41. The molecule has 0 aliphatic heterocycles. The number of nitrogens with zero attached hydrogens (tertiary/aromatic N) is 1. The quantitative estimate of drug-likeness (QED) is 0.436. The third kappa shape index (κ3) is 3.55. The Kier molecular flexibility index (Phi) is 4.45. The SMILES string of the molecule is Oc1ccc(Br)cc1/C=N/NC(=S)N[C@H]1C[C@@H]2CC[C@H]1C2. The van der Waals surface area contributed by atoms with Crippen molar-refractivity contribution >= 4 is 39.5 Å². The Labute approximate surface area is 138 Å². The van der Waals surface area contributed by atoms with E-state index in [9.17, 15) is 5.11 Å². The number of fused-ring (bicyclic) bond motifs is 2. The second kappa shape index (κ2) is 6.32. The van der Waals surface area contributed by atoms with Crippen molar-refractivity contribution in [2.24, 2.45) is 16.9 Å². The predicted octanol–water partition coefficient (Wildman–Crippen LogP) is 3.14. The summed E-state index contributed by atoms with van der Waals surface area (Å²) in [4.78, 5) is 0. The predicted molar refractivity (Wildman–Crippen MR) is 91.5 cm³/mol. The van der Waals surface area contributed by atoms with Crippen molar-refractivity contribution < 1.29 is 5.11 Å². The molecule has 2 aliphatic rings. The molecule has 6 heteroatoms. The minimum Gasteiger partial charge on any atom is -0.507 e. The summed E-state index contributed by atoms with van der Waals surface area (Å²) in [5.74, 6) is 1.85. The molecule has 2 fully saturated rings. The number of nitrogens with one attached hydrogen (secondary N) is 2. The maximum Gasteiger partial charge on any atom is 0.187 e. The molecule has 2 bridgehead atoms. The highest BCUT2D eigenvalue weighted by Gasteiger charge is 2.39. The maximum absolute atomic E-state index is 9.71. The highest BCUT2D eigenvalue weighted by molar-refractivity contribution is 9.10. The van der Waals surface area contributed by atoms with Gasteiger partial charge in [-0.25, -0.2) is 0 Å². The zero-order chi connectivity index (χ0) is 14.8. The Hall–Kier alpha value is -1.14. The molecule has 0 amide bonds. The van der Waals surface area contributed by atoms with Gasteiger partial charge in [-0.3, -0.25) is 5.43 Å². The Balaban J connectivity index is 1.51. The molecule has 4 nitrogen and oxygen atoms in total. The van der Waals surface area contributed by atoms with Crippen LogP contribution in [0, 0.1) is 11.8 Å². The van der Waals surface area contributed by atoms with Crippen LogP contribution in [-0.2, 0) is 0 Å². The summed E-state index contributed by atoms with van der Waals surface area (Å²) in [6.07, 6.45) is 6.83. The molecule has 21 heavy (non-hydrogen) atoms. The molecule has 0 spiro atoms. The number of rotatable bonds is 3. The Morgan fingerprint density at radius 2 is 2.24 bits per heavy atom. The van der Waals surface area contributed by atoms with Crippen molar-refractivity contribution in [3.63, 3.8) is 0 Å². The van der Waals surface area contributed by atoms with Gasteiger partial charge in [0.05, 0.1) is 6.21 Å². The second-order valence-electron chi connectivity index (χ2n) is 5.83. The van der Waals surface area contributed by atoms with Gasteiger partial charge in [-0.05, 0) is 61.5 Å². The fraction of sp³-hybridized carbons (Fsp3) is 0.467. The van der Waals surface area contributed by atoms with Gasteiger partial charge in [-0.1, -0.05) is 22.4 Å². The summed E-state index contributed by atoms with van der Waals surface area (Å²) < 4.78 is 0.893. The Bertz CT molecular complexity index is 578. The van der Waals surface area contributed by atoms with Gasteiger partial charge >= 0.3 is 0 Å². The lowest BCUT2D eigenvalue weighted by Crippen LogP contribution is -2.42. The molecular weight excluding hydrogens is 350 g/mol. The van der Waals surface area contributed by atoms with Crippen molar-refractivity contribution in [1.29, 1.82) is 0 Å². The molecule has 3 rings (SSSR count). The van der Waals surface area contributed by atoms with E-state index in [2.05, 4.69) is 31.8 Å². The first-order chi connectivity index (χ1) is 10.1. The van der Waals surface area contributed by atoms with Crippen LogP contribution in [0.4, 0.5) is 0 Å². The molecule has 0 unspecified atom stereocenters. The van der Waals surface area contributed by atoms with Crippen LogP contribution in [0.15, 0.2) is 27.8 Å². The molecule has 2 aliphatic carbocycles. The van der Waals surface area contributed by atoms with E-state index in [0.29, 0.717) is 16.7 Å². The molecule has 2 saturated carbocycles. The molecule has 0 heterocycles. The average Bonchev–Trinajstić information content (AvgIpc) is 3.05. The second-order valence-corrected chi connectivity index (χ2v) is 7.15. The van der Waals surface area contributed by atoms with Gasteiger partial charge in [-0.15, -0.1) is 0 Å². The lowest BCUT2D eigenvalue weighted by molar-refractivity contribution is 0.389. The molecule has 1 aromatic carbocycles. The van der Waals surface area contributed by atoms with E-state index in [1.165, 1.54) is 25.7 Å². The number of hydrogen-bond donors (Lipinski definition) is 3. The first kappa shape index (κ1) is 14.8. The zero-order valence-corrected chi connectivity index (χ0v) is 14.0. The molecule has 0 saturated heterocycles. The van der Waals surface area contributed by atoms with Crippen LogP contribution in [0.1, 0.15) is 31.2 Å². The van der Waals surface area contributed by atoms with Crippen LogP contribution >= 0.6 is 28.1 Å². The molecule has 3 atom stereocenters. The van der Waals surface area contributed by atoms with Crippen molar-refractivity contribution in [3.8, 4) is 5.75 Å². The van der Waals surface area contributed by atoms with Crippen molar-refractivity contribution in [1.82, 2.24) is 10.7 Å². The van der Waals surface area contributed by atoms with Crippen LogP contribution in [0.3, 0.4) is 0 Å². The number of aromatic hydroxyl groups is 1. The van der Waals surface area contributed by atoms with Crippen LogP contribution in [0.5, 0.6) is 5.75 Å². The zero-order valence-electron chi connectivity index (χ0n) is 11.6. The highest BCUT2D eigenvalue weighted by Crippen LogP contribution is 2.44.